The number of hydrogen-bond donors (Lipinski definition) is 3. The summed E-state index contributed by atoms with van der Waals surface area (Å²) in [5.41, 5.74) is 1.01. The SMILES string of the molecule is O=C(CCN1CCNCC1c1cccnc1)NC(=O)NCC(F)(F)F. The highest BCUT2D eigenvalue weighted by Gasteiger charge is 2.28. The molecule has 2 rings (SSSR count). The smallest absolute Gasteiger partial charge is 0.329 e. The standard InChI is InChI=1S/C15H20F3N5O2/c16-15(17,18)10-21-14(25)22-13(24)3-6-23-7-5-20-9-12(23)11-2-1-4-19-8-11/h1-2,4,8,12,20H,3,5-7,9-10H2,(H2,21,22,24,25). The fourth-order valence-corrected chi connectivity index (χ4v) is 2.57. The number of pyridine rings is 1. The molecule has 0 aromatic carbocycles. The van der Waals surface area contributed by atoms with Gasteiger partial charge in [-0.05, 0) is 11.6 Å². The number of aromatic nitrogens is 1. The van der Waals surface area contributed by atoms with Gasteiger partial charge >= 0.3 is 12.2 Å². The molecule has 3 amide bonds. The second kappa shape index (κ2) is 8.77. The normalized spacial score (nSPS) is 18.6. The van der Waals surface area contributed by atoms with Crippen molar-refractivity contribution in [3.05, 3.63) is 30.1 Å². The van der Waals surface area contributed by atoms with E-state index in [0.29, 0.717) is 19.6 Å². The molecule has 0 saturated carbocycles. The molecule has 1 aromatic rings. The van der Waals surface area contributed by atoms with Gasteiger partial charge in [-0.3, -0.25) is 20.0 Å². The van der Waals surface area contributed by atoms with Gasteiger partial charge in [0.15, 0.2) is 0 Å². The molecule has 138 valence electrons. The van der Waals surface area contributed by atoms with Crippen molar-refractivity contribution in [2.45, 2.75) is 18.6 Å². The Hall–Kier alpha value is -2.20. The number of urea groups is 1. The number of hydrogen-bond acceptors (Lipinski definition) is 5. The van der Waals surface area contributed by atoms with Gasteiger partial charge in [0.2, 0.25) is 5.91 Å². The van der Waals surface area contributed by atoms with Crippen LogP contribution < -0.4 is 16.0 Å². The molecule has 2 heterocycles. The first kappa shape index (κ1) is 19.1. The van der Waals surface area contributed by atoms with Crippen molar-refractivity contribution in [2.75, 3.05) is 32.7 Å². The molecule has 1 fully saturated rings. The molecular formula is C15H20F3N5O2. The van der Waals surface area contributed by atoms with Gasteiger partial charge in [-0.25, -0.2) is 4.79 Å². The number of piperazine rings is 1. The fourth-order valence-electron chi connectivity index (χ4n) is 2.57. The van der Waals surface area contributed by atoms with Gasteiger partial charge < -0.3 is 10.6 Å². The second-order valence-electron chi connectivity index (χ2n) is 5.64. The van der Waals surface area contributed by atoms with Gasteiger partial charge in [-0.1, -0.05) is 6.07 Å². The van der Waals surface area contributed by atoms with Crippen LogP contribution in [0.3, 0.4) is 0 Å². The van der Waals surface area contributed by atoms with Crippen molar-refractivity contribution in [3.63, 3.8) is 0 Å². The molecule has 0 spiro atoms. The first-order chi connectivity index (χ1) is 11.8. The minimum absolute atomic E-state index is 0.0101. The number of imide groups is 1. The van der Waals surface area contributed by atoms with E-state index < -0.39 is 24.7 Å². The third-order valence-corrected chi connectivity index (χ3v) is 3.75. The molecule has 1 aliphatic heterocycles. The van der Waals surface area contributed by atoms with Gasteiger partial charge in [0.05, 0.1) is 0 Å². The number of amides is 3. The Balaban J connectivity index is 1.80. The molecule has 1 aliphatic rings. The lowest BCUT2D eigenvalue weighted by atomic mass is 10.1. The Morgan fingerprint density at radius 1 is 1.40 bits per heavy atom. The number of nitrogens with one attached hydrogen (secondary N) is 3. The van der Waals surface area contributed by atoms with E-state index in [2.05, 4.69) is 15.2 Å². The highest BCUT2D eigenvalue weighted by atomic mass is 19.4. The van der Waals surface area contributed by atoms with Gasteiger partial charge in [0.25, 0.3) is 0 Å². The van der Waals surface area contributed by atoms with Crippen LogP contribution in [0.4, 0.5) is 18.0 Å². The molecule has 25 heavy (non-hydrogen) atoms. The van der Waals surface area contributed by atoms with Crippen molar-refractivity contribution >= 4 is 11.9 Å². The minimum Gasteiger partial charge on any atom is -0.329 e. The lowest BCUT2D eigenvalue weighted by Gasteiger charge is -2.36. The molecular weight excluding hydrogens is 339 g/mol. The van der Waals surface area contributed by atoms with Crippen molar-refractivity contribution in [1.29, 1.82) is 0 Å². The number of alkyl halides is 3. The molecule has 0 aliphatic carbocycles. The first-order valence-electron chi connectivity index (χ1n) is 7.84. The molecule has 7 nitrogen and oxygen atoms in total. The Morgan fingerprint density at radius 3 is 2.88 bits per heavy atom. The average molecular weight is 359 g/mol. The van der Waals surface area contributed by atoms with Crippen LogP contribution in [-0.4, -0.2) is 60.7 Å². The summed E-state index contributed by atoms with van der Waals surface area (Å²) in [7, 11) is 0. The Labute approximate surface area is 143 Å². The van der Waals surface area contributed by atoms with Gasteiger partial charge in [0, 0.05) is 51.0 Å². The van der Waals surface area contributed by atoms with Crippen molar-refractivity contribution in [1.82, 2.24) is 25.8 Å². The van der Waals surface area contributed by atoms with Crippen LogP contribution in [0.1, 0.15) is 18.0 Å². The van der Waals surface area contributed by atoms with Crippen molar-refractivity contribution in [2.24, 2.45) is 0 Å². The summed E-state index contributed by atoms with van der Waals surface area (Å²) < 4.78 is 36.0. The van der Waals surface area contributed by atoms with Crippen LogP contribution >= 0.6 is 0 Å². The molecule has 1 unspecified atom stereocenters. The van der Waals surface area contributed by atoms with Gasteiger partial charge in [0.1, 0.15) is 6.54 Å². The Morgan fingerprint density at radius 2 is 2.20 bits per heavy atom. The maximum Gasteiger partial charge on any atom is 0.405 e. The summed E-state index contributed by atoms with van der Waals surface area (Å²) in [4.78, 5) is 29.2. The summed E-state index contributed by atoms with van der Waals surface area (Å²) in [6, 6.07) is 2.68. The van der Waals surface area contributed by atoms with E-state index in [-0.39, 0.29) is 12.5 Å². The summed E-state index contributed by atoms with van der Waals surface area (Å²) >= 11 is 0. The zero-order chi connectivity index (χ0) is 18.3. The van der Waals surface area contributed by atoms with Crippen LogP contribution in [0.5, 0.6) is 0 Å². The van der Waals surface area contributed by atoms with E-state index in [9.17, 15) is 22.8 Å². The molecule has 1 saturated heterocycles. The van der Waals surface area contributed by atoms with Crippen LogP contribution in [0.2, 0.25) is 0 Å². The predicted molar refractivity (Wildman–Crippen MR) is 83.6 cm³/mol. The first-order valence-corrected chi connectivity index (χ1v) is 7.84. The molecule has 10 heteroatoms. The van der Waals surface area contributed by atoms with Crippen molar-refractivity contribution in [3.8, 4) is 0 Å². The van der Waals surface area contributed by atoms with E-state index in [1.165, 1.54) is 0 Å². The van der Waals surface area contributed by atoms with E-state index in [4.69, 9.17) is 0 Å². The Kier molecular flexibility index (Phi) is 6.71. The predicted octanol–water partition coefficient (Wildman–Crippen LogP) is 0.806. The molecule has 1 aromatic heterocycles. The lowest BCUT2D eigenvalue weighted by molar-refractivity contribution is -0.124. The van der Waals surface area contributed by atoms with Crippen LogP contribution in [0.15, 0.2) is 24.5 Å². The van der Waals surface area contributed by atoms with E-state index in [1.54, 1.807) is 17.7 Å². The van der Waals surface area contributed by atoms with E-state index in [1.807, 2.05) is 17.4 Å². The summed E-state index contributed by atoms with van der Waals surface area (Å²) in [6.45, 7) is 1.10. The summed E-state index contributed by atoms with van der Waals surface area (Å²) in [6.07, 6.45) is -1.07. The molecule has 1 atom stereocenters. The maximum atomic E-state index is 12.0. The maximum absolute atomic E-state index is 12.0. The van der Waals surface area contributed by atoms with Crippen molar-refractivity contribution < 1.29 is 22.8 Å². The van der Waals surface area contributed by atoms with E-state index >= 15 is 0 Å². The second-order valence-corrected chi connectivity index (χ2v) is 5.64. The number of rotatable bonds is 5. The third kappa shape index (κ3) is 6.67. The number of halogens is 3. The highest BCUT2D eigenvalue weighted by molar-refractivity contribution is 5.94. The zero-order valence-electron chi connectivity index (χ0n) is 13.5. The topological polar surface area (TPSA) is 86.4 Å². The highest BCUT2D eigenvalue weighted by Crippen LogP contribution is 2.21. The van der Waals surface area contributed by atoms with Crippen LogP contribution in [0.25, 0.3) is 0 Å². The molecule has 0 bridgehead atoms. The third-order valence-electron chi connectivity index (χ3n) is 3.75. The number of nitrogens with zero attached hydrogens (tertiary/aromatic N) is 2. The van der Waals surface area contributed by atoms with Gasteiger partial charge in [-0.15, -0.1) is 0 Å². The summed E-state index contributed by atoms with van der Waals surface area (Å²) in [5, 5.41) is 6.77. The summed E-state index contributed by atoms with van der Waals surface area (Å²) in [5.74, 6) is -0.622. The van der Waals surface area contributed by atoms with E-state index in [0.717, 1.165) is 12.1 Å². The Bertz CT molecular complexity index is 582. The van der Waals surface area contributed by atoms with Crippen LogP contribution in [-0.2, 0) is 4.79 Å². The molecule has 3 N–H and O–H groups in total. The largest absolute Gasteiger partial charge is 0.405 e. The lowest BCUT2D eigenvalue weighted by Crippen LogP contribution is -2.48. The monoisotopic (exact) mass is 359 g/mol. The quantitative estimate of drug-likeness (QED) is 0.724. The fraction of sp³-hybridized carbons (Fsp3) is 0.533. The average Bonchev–Trinajstić information content (AvgIpc) is 2.59. The van der Waals surface area contributed by atoms with Crippen LogP contribution in [0, 0.1) is 0 Å². The number of carbonyl (C=O) groups excluding carboxylic acids is 2. The number of carbonyl (C=O) groups is 2. The minimum atomic E-state index is -4.52. The zero-order valence-corrected chi connectivity index (χ0v) is 13.5. The molecule has 0 radical (unpaired) electrons. The van der Waals surface area contributed by atoms with Gasteiger partial charge in [-0.2, -0.15) is 13.2 Å².